The molecular formula is C13H15F3N4. The van der Waals surface area contributed by atoms with Crippen LogP contribution in [-0.2, 0) is 19.3 Å². The van der Waals surface area contributed by atoms with E-state index < -0.39 is 11.7 Å². The number of pyridine rings is 1. The maximum Gasteiger partial charge on any atom is 0.419 e. The van der Waals surface area contributed by atoms with E-state index in [0.717, 1.165) is 24.6 Å². The lowest BCUT2D eigenvalue weighted by molar-refractivity contribution is -0.137. The van der Waals surface area contributed by atoms with Crippen molar-refractivity contribution in [3.63, 3.8) is 0 Å². The predicted octanol–water partition coefficient (Wildman–Crippen LogP) is 2.45. The molecule has 0 saturated heterocycles. The topological polar surface area (TPSA) is 42.7 Å². The molecule has 20 heavy (non-hydrogen) atoms. The Labute approximate surface area is 114 Å². The molecule has 0 spiro atoms. The molecule has 2 aromatic heterocycles. The van der Waals surface area contributed by atoms with Crippen LogP contribution in [0.15, 0.2) is 30.6 Å². The Morgan fingerprint density at radius 2 is 2.00 bits per heavy atom. The van der Waals surface area contributed by atoms with Crippen molar-refractivity contribution in [3.05, 3.63) is 47.5 Å². The molecule has 4 nitrogen and oxygen atoms in total. The second-order valence-corrected chi connectivity index (χ2v) is 4.32. The molecular weight excluding hydrogens is 269 g/mol. The summed E-state index contributed by atoms with van der Waals surface area (Å²) in [5.74, 6) is 0. The van der Waals surface area contributed by atoms with Gasteiger partial charge in [0, 0.05) is 12.7 Å². The fraction of sp³-hybridized carbons (Fsp3) is 0.385. The van der Waals surface area contributed by atoms with Crippen LogP contribution in [0.4, 0.5) is 13.2 Å². The van der Waals surface area contributed by atoms with Gasteiger partial charge in [-0.2, -0.15) is 18.3 Å². The van der Waals surface area contributed by atoms with Crippen molar-refractivity contribution in [2.24, 2.45) is 0 Å². The lowest BCUT2D eigenvalue weighted by atomic mass is 10.3. The van der Waals surface area contributed by atoms with E-state index in [0.29, 0.717) is 12.2 Å². The molecule has 2 rings (SSSR count). The molecule has 1 N–H and O–H groups in total. The SMILES string of the molecule is CCNCc1cccc(Cn2cc(C(F)(F)F)cn2)n1. The molecule has 0 radical (unpaired) electrons. The van der Waals surface area contributed by atoms with Crippen LogP contribution in [0.1, 0.15) is 23.9 Å². The van der Waals surface area contributed by atoms with Crippen LogP contribution in [0.5, 0.6) is 0 Å². The Kier molecular flexibility index (Phi) is 4.39. The fourth-order valence-corrected chi connectivity index (χ4v) is 1.73. The number of aromatic nitrogens is 3. The zero-order valence-corrected chi connectivity index (χ0v) is 11.0. The lowest BCUT2D eigenvalue weighted by Gasteiger charge is -2.05. The fourth-order valence-electron chi connectivity index (χ4n) is 1.73. The molecule has 0 unspecified atom stereocenters. The Hall–Kier alpha value is -1.89. The summed E-state index contributed by atoms with van der Waals surface area (Å²) in [4.78, 5) is 4.37. The second-order valence-electron chi connectivity index (χ2n) is 4.32. The van der Waals surface area contributed by atoms with E-state index in [4.69, 9.17) is 0 Å². The second kappa shape index (κ2) is 6.04. The number of nitrogens with zero attached hydrogens (tertiary/aromatic N) is 3. The minimum absolute atomic E-state index is 0.218. The summed E-state index contributed by atoms with van der Waals surface area (Å²) >= 11 is 0. The number of hydrogen-bond donors (Lipinski definition) is 1. The summed E-state index contributed by atoms with van der Waals surface area (Å²) < 4.78 is 38.6. The monoisotopic (exact) mass is 284 g/mol. The molecule has 0 aliphatic rings. The van der Waals surface area contributed by atoms with Crippen molar-refractivity contribution < 1.29 is 13.2 Å². The van der Waals surface area contributed by atoms with Gasteiger partial charge in [0.05, 0.1) is 29.7 Å². The maximum atomic E-state index is 12.5. The lowest BCUT2D eigenvalue weighted by Crippen LogP contribution is -2.14. The van der Waals surface area contributed by atoms with Gasteiger partial charge in [0.15, 0.2) is 0 Å². The molecule has 7 heteroatoms. The van der Waals surface area contributed by atoms with Crippen molar-refractivity contribution in [2.45, 2.75) is 26.2 Å². The average Bonchev–Trinajstić information content (AvgIpc) is 2.85. The first-order valence-corrected chi connectivity index (χ1v) is 6.24. The van der Waals surface area contributed by atoms with Gasteiger partial charge in [0.2, 0.25) is 0 Å². The van der Waals surface area contributed by atoms with Gasteiger partial charge in [0.25, 0.3) is 0 Å². The van der Waals surface area contributed by atoms with Gasteiger partial charge in [-0.15, -0.1) is 0 Å². The quantitative estimate of drug-likeness (QED) is 0.917. The smallest absolute Gasteiger partial charge is 0.311 e. The molecule has 0 fully saturated rings. The summed E-state index contributed by atoms with van der Waals surface area (Å²) in [6.07, 6.45) is -2.56. The van der Waals surface area contributed by atoms with Crippen LogP contribution in [0.2, 0.25) is 0 Å². The summed E-state index contributed by atoms with van der Waals surface area (Å²) in [6, 6.07) is 5.48. The molecule has 0 saturated carbocycles. The molecule has 0 bridgehead atoms. The first kappa shape index (κ1) is 14.5. The van der Waals surface area contributed by atoms with Crippen LogP contribution in [0.25, 0.3) is 0 Å². The molecule has 108 valence electrons. The minimum Gasteiger partial charge on any atom is -0.311 e. The van der Waals surface area contributed by atoms with Gasteiger partial charge in [-0.1, -0.05) is 13.0 Å². The molecule has 0 atom stereocenters. The zero-order chi connectivity index (χ0) is 14.6. The van der Waals surface area contributed by atoms with E-state index in [1.165, 1.54) is 4.68 Å². The Bertz CT molecular complexity index is 563. The zero-order valence-electron chi connectivity index (χ0n) is 11.0. The van der Waals surface area contributed by atoms with Crippen molar-refractivity contribution in [1.29, 1.82) is 0 Å². The standard InChI is InChI=1S/C13H15F3N4/c1-2-17-7-11-4-3-5-12(19-11)9-20-8-10(6-18-20)13(14,15)16/h3-6,8,17H,2,7,9H2,1H3. The van der Waals surface area contributed by atoms with Gasteiger partial charge >= 0.3 is 6.18 Å². The first-order valence-electron chi connectivity index (χ1n) is 6.24. The number of nitrogens with one attached hydrogen (secondary N) is 1. The Morgan fingerprint density at radius 3 is 2.65 bits per heavy atom. The summed E-state index contributed by atoms with van der Waals surface area (Å²) in [5.41, 5.74) is 0.783. The molecule has 0 amide bonds. The van der Waals surface area contributed by atoms with Gasteiger partial charge in [-0.3, -0.25) is 9.67 Å². The number of rotatable bonds is 5. The van der Waals surface area contributed by atoms with Crippen LogP contribution in [0, 0.1) is 0 Å². The molecule has 2 aromatic rings. The Morgan fingerprint density at radius 1 is 1.25 bits per heavy atom. The van der Waals surface area contributed by atoms with Crippen LogP contribution >= 0.6 is 0 Å². The van der Waals surface area contributed by atoms with Crippen LogP contribution in [-0.4, -0.2) is 21.3 Å². The highest BCUT2D eigenvalue weighted by Gasteiger charge is 2.32. The maximum absolute atomic E-state index is 12.5. The third kappa shape index (κ3) is 3.80. The summed E-state index contributed by atoms with van der Waals surface area (Å²) in [7, 11) is 0. The first-order chi connectivity index (χ1) is 9.49. The highest BCUT2D eigenvalue weighted by atomic mass is 19.4. The van der Waals surface area contributed by atoms with Crippen molar-refractivity contribution in [3.8, 4) is 0 Å². The highest BCUT2D eigenvalue weighted by molar-refractivity contribution is 5.13. The number of alkyl halides is 3. The average molecular weight is 284 g/mol. The van der Waals surface area contributed by atoms with E-state index in [1.54, 1.807) is 6.07 Å². The van der Waals surface area contributed by atoms with E-state index in [9.17, 15) is 13.2 Å². The molecule has 2 heterocycles. The van der Waals surface area contributed by atoms with Crippen LogP contribution in [0.3, 0.4) is 0 Å². The molecule has 0 aliphatic heterocycles. The number of halogens is 3. The van der Waals surface area contributed by atoms with Crippen molar-refractivity contribution in [2.75, 3.05) is 6.54 Å². The summed E-state index contributed by atoms with van der Waals surface area (Å²) in [6.45, 7) is 3.68. The van der Waals surface area contributed by atoms with Crippen LogP contribution < -0.4 is 5.32 Å². The summed E-state index contributed by atoms with van der Waals surface area (Å²) in [5, 5.41) is 6.86. The third-order valence-electron chi connectivity index (χ3n) is 2.71. The minimum atomic E-state index is -4.36. The van der Waals surface area contributed by atoms with E-state index >= 15 is 0 Å². The molecule has 0 aliphatic carbocycles. The van der Waals surface area contributed by atoms with E-state index in [2.05, 4.69) is 15.4 Å². The molecule has 0 aromatic carbocycles. The van der Waals surface area contributed by atoms with Gasteiger partial charge in [0.1, 0.15) is 0 Å². The van der Waals surface area contributed by atoms with E-state index in [-0.39, 0.29) is 6.54 Å². The van der Waals surface area contributed by atoms with Crippen molar-refractivity contribution in [1.82, 2.24) is 20.1 Å². The van der Waals surface area contributed by atoms with E-state index in [1.807, 2.05) is 19.1 Å². The third-order valence-corrected chi connectivity index (χ3v) is 2.71. The van der Waals surface area contributed by atoms with Crippen molar-refractivity contribution >= 4 is 0 Å². The predicted molar refractivity (Wildman–Crippen MR) is 67.9 cm³/mol. The van der Waals surface area contributed by atoms with Gasteiger partial charge < -0.3 is 5.32 Å². The number of hydrogen-bond acceptors (Lipinski definition) is 3. The highest BCUT2D eigenvalue weighted by Crippen LogP contribution is 2.28. The Balaban J connectivity index is 2.08. The van der Waals surface area contributed by atoms with Gasteiger partial charge in [-0.05, 0) is 18.7 Å². The normalized spacial score (nSPS) is 11.8. The largest absolute Gasteiger partial charge is 0.419 e. The van der Waals surface area contributed by atoms with Gasteiger partial charge in [-0.25, -0.2) is 0 Å².